The summed E-state index contributed by atoms with van der Waals surface area (Å²) >= 11 is 0. The van der Waals surface area contributed by atoms with Gasteiger partial charge in [0.15, 0.2) is 0 Å². The van der Waals surface area contributed by atoms with Gasteiger partial charge in [0, 0.05) is 0 Å². The summed E-state index contributed by atoms with van der Waals surface area (Å²) in [4.78, 5) is 26.0. The SMILES string of the molecule is Cc1coc(NC(=O)c2cccc(N)c2[N+](=O)[O-])n1. The molecule has 0 aliphatic heterocycles. The highest BCUT2D eigenvalue weighted by Gasteiger charge is 2.23. The van der Waals surface area contributed by atoms with Gasteiger partial charge in [0.2, 0.25) is 0 Å². The number of benzene rings is 1. The second-order valence-electron chi connectivity index (χ2n) is 3.75. The lowest BCUT2D eigenvalue weighted by molar-refractivity contribution is -0.384. The van der Waals surface area contributed by atoms with Crippen LogP contribution in [-0.2, 0) is 0 Å². The second kappa shape index (κ2) is 4.77. The Bertz CT molecular complexity index is 650. The number of rotatable bonds is 3. The maximum Gasteiger partial charge on any atom is 0.304 e. The van der Waals surface area contributed by atoms with E-state index in [-0.39, 0.29) is 17.3 Å². The van der Waals surface area contributed by atoms with E-state index in [1.54, 1.807) is 6.92 Å². The van der Waals surface area contributed by atoms with E-state index in [1.165, 1.54) is 24.5 Å². The van der Waals surface area contributed by atoms with Crippen LogP contribution in [0.15, 0.2) is 28.9 Å². The molecule has 0 aliphatic carbocycles. The molecule has 1 amide bonds. The predicted octanol–water partition coefficient (Wildman–Crippen LogP) is 1.73. The summed E-state index contributed by atoms with van der Waals surface area (Å²) in [6.07, 6.45) is 1.35. The lowest BCUT2D eigenvalue weighted by Gasteiger charge is -2.04. The first-order valence-corrected chi connectivity index (χ1v) is 5.25. The van der Waals surface area contributed by atoms with Gasteiger partial charge in [-0.15, -0.1) is 0 Å². The van der Waals surface area contributed by atoms with Crippen LogP contribution >= 0.6 is 0 Å². The fourth-order valence-electron chi connectivity index (χ4n) is 1.52. The van der Waals surface area contributed by atoms with Crippen LogP contribution in [0.4, 0.5) is 17.4 Å². The van der Waals surface area contributed by atoms with Crippen LogP contribution < -0.4 is 11.1 Å². The molecule has 2 rings (SSSR count). The minimum Gasteiger partial charge on any atom is -0.432 e. The normalized spacial score (nSPS) is 10.2. The summed E-state index contributed by atoms with van der Waals surface area (Å²) in [5, 5.41) is 13.2. The third kappa shape index (κ3) is 2.51. The Balaban J connectivity index is 2.34. The topological polar surface area (TPSA) is 124 Å². The van der Waals surface area contributed by atoms with Crippen molar-refractivity contribution < 1.29 is 14.1 Å². The highest BCUT2D eigenvalue weighted by atomic mass is 16.6. The number of nitrogen functional groups attached to an aromatic ring is 1. The molecule has 0 aliphatic rings. The summed E-state index contributed by atoms with van der Waals surface area (Å²) in [5.74, 6) is -0.708. The minimum absolute atomic E-state index is 0.0285. The lowest BCUT2D eigenvalue weighted by atomic mass is 10.1. The van der Waals surface area contributed by atoms with Gasteiger partial charge in [-0.25, -0.2) is 0 Å². The number of nitro benzene ring substituents is 1. The van der Waals surface area contributed by atoms with Gasteiger partial charge < -0.3 is 10.2 Å². The zero-order chi connectivity index (χ0) is 14.0. The van der Waals surface area contributed by atoms with Gasteiger partial charge in [-0.1, -0.05) is 6.07 Å². The number of nitrogens with zero attached hydrogens (tertiary/aromatic N) is 2. The molecule has 1 aromatic carbocycles. The van der Waals surface area contributed by atoms with E-state index < -0.39 is 16.5 Å². The number of oxazole rings is 1. The van der Waals surface area contributed by atoms with Crippen molar-refractivity contribution >= 4 is 23.3 Å². The first-order valence-electron chi connectivity index (χ1n) is 5.25. The molecule has 0 bridgehead atoms. The first kappa shape index (κ1) is 12.6. The van der Waals surface area contributed by atoms with E-state index >= 15 is 0 Å². The number of anilines is 2. The van der Waals surface area contributed by atoms with Gasteiger partial charge in [-0.2, -0.15) is 4.98 Å². The molecule has 0 spiro atoms. The first-order chi connectivity index (χ1) is 8.99. The molecule has 2 aromatic rings. The standard InChI is InChI=1S/C11H10N4O4/c1-6-5-19-11(13-6)14-10(16)7-3-2-4-8(12)9(7)15(17)18/h2-5H,12H2,1H3,(H,13,14,16). The number of aryl methyl sites for hydroxylation is 1. The van der Waals surface area contributed by atoms with Crippen molar-refractivity contribution in [1.82, 2.24) is 4.98 Å². The van der Waals surface area contributed by atoms with E-state index in [0.29, 0.717) is 5.69 Å². The van der Waals surface area contributed by atoms with Crippen LogP contribution in [-0.4, -0.2) is 15.8 Å². The molecule has 98 valence electrons. The Hall–Kier alpha value is -2.90. The van der Waals surface area contributed by atoms with E-state index in [2.05, 4.69) is 10.3 Å². The monoisotopic (exact) mass is 262 g/mol. The number of hydrogen-bond donors (Lipinski definition) is 2. The van der Waals surface area contributed by atoms with Crippen molar-refractivity contribution in [2.75, 3.05) is 11.1 Å². The van der Waals surface area contributed by atoms with Crippen molar-refractivity contribution in [3.63, 3.8) is 0 Å². The zero-order valence-corrected chi connectivity index (χ0v) is 9.91. The molecule has 1 heterocycles. The number of hydrogen-bond acceptors (Lipinski definition) is 6. The number of carbonyl (C=O) groups is 1. The average molecular weight is 262 g/mol. The largest absolute Gasteiger partial charge is 0.432 e. The minimum atomic E-state index is -0.708. The summed E-state index contributed by atoms with van der Waals surface area (Å²) in [6.45, 7) is 1.68. The maximum atomic E-state index is 11.9. The highest BCUT2D eigenvalue weighted by molar-refractivity contribution is 6.07. The number of carbonyl (C=O) groups excluding carboxylic acids is 1. The Morgan fingerprint density at radius 2 is 2.26 bits per heavy atom. The molecular weight excluding hydrogens is 252 g/mol. The molecule has 0 fully saturated rings. The van der Waals surface area contributed by atoms with Gasteiger partial charge in [0.05, 0.1) is 10.6 Å². The van der Waals surface area contributed by atoms with Crippen molar-refractivity contribution in [1.29, 1.82) is 0 Å². The highest BCUT2D eigenvalue weighted by Crippen LogP contribution is 2.26. The number of para-hydroxylation sites is 1. The molecule has 0 saturated carbocycles. The summed E-state index contributed by atoms with van der Waals surface area (Å²) in [6, 6.07) is 4.08. The predicted molar refractivity (Wildman–Crippen MR) is 66.7 cm³/mol. The number of aromatic nitrogens is 1. The number of nitrogens with two attached hydrogens (primary N) is 1. The summed E-state index contributed by atoms with van der Waals surface area (Å²) < 4.78 is 4.94. The van der Waals surface area contributed by atoms with Gasteiger partial charge in [0.25, 0.3) is 5.91 Å². The van der Waals surface area contributed by atoms with Crippen molar-refractivity contribution in [2.45, 2.75) is 6.92 Å². The molecule has 0 unspecified atom stereocenters. The molecule has 0 radical (unpaired) electrons. The van der Waals surface area contributed by atoms with Crippen LogP contribution in [0, 0.1) is 17.0 Å². The fraction of sp³-hybridized carbons (Fsp3) is 0.0909. The van der Waals surface area contributed by atoms with E-state index in [4.69, 9.17) is 10.2 Å². The third-order valence-corrected chi connectivity index (χ3v) is 2.33. The number of nitrogens with one attached hydrogen (secondary N) is 1. The van der Waals surface area contributed by atoms with E-state index in [1.807, 2.05) is 0 Å². The molecule has 0 atom stereocenters. The van der Waals surface area contributed by atoms with Gasteiger partial charge in [-0.05, 0) is 19.1 Å². The zero-order valence-electron chi connectivity index (χ0n) is 9.91. The van der Waals surface area contributed by atoms with Crippen LogP contribution in [0.5, 0.6) is 0 Å². The molecular formula is C11H10N4O4. The Kier molecular flexibility index (Phi) is 3.15. The van der Waals surface area contributed by atoms with Crippen LogP contribution in [0.2, 0.25) is 0 Å². The number of nitro groups is 1. The lowest BCUT2D eigenvalue weighted by Crippen LogP contribution is -2.15. The quantitative estimate of drug-likeness (QED) is 0.493. The van der Waals surface area contributed by atoms with Gasteiger partial charge in [-0.3, -0.25) is 20.2 Å². The van der Waals surface area contributed by atoms with Gasteiger partial charge in [0.1, 0.15) is 17.5 Å². The van der Waals surface area contributed by atoms with Crippen LogP contribution in [0.1, 0.15) is 16.1 Å². The smallest absolute Gasteiger partial charge is 0.304 e. The van der Waals surface area contributed by atoms with E-state index in [9.17, 15) is 14.9 Å². The summed E-state index contributed by atoms with van der Waals surface area (Å²) in [7, 11) is 0. The average Bonchev–Trinajstić information content (AvgIpc) is 2.73. The molecule has 8 nitrogen and oxygen atoms in total. The van der Waals surface area contributed by atoms with Crippen LogP contribution in [0.25, 0.3) is 0 Å². The van der Waals surface area contributed by atoms with Crippen molar-refractivity contribution in [3.05, 3.63) is 45.8 Å². The van der Waals surface area contributed by atoms with Crippen molar-refractivity contribution in [2.24, 2.45) is 0 Å². The van der Waals surface area contributed by atoms with E-state index in [0.717, 1.165) is 0 Å². The van der Waals surface area contributed by atoms with Gasteiger partial charge >= 0.3 is 11.7 Å². The number of amides is 1. The maximum absolute atomic E-state index is 11.9. The summed E-state index contributed by atoms with van der Waals surface area (Å²) in [5.41, 5.74) is 5.40. The second-order valence-corrected chi connectivity index (χ2v) is 3.75. The Labute approximate surface area is 107 Å². The van der Waals surface area contributed by atoms with Crippen LogP contribution in [0.3, 0.4) is 0 Å². The Morgan fingerprint density at radius 1 is 1.53 bits per heavy atom. The van der Waals surface area contributed by atoms with Crippen molar-refractivity contribution in [3.8, 4) is 0 Å². The molecule has 19 heavy (non-hydrogen) atoms. The molecule has 8 heteroatoms. The molecule has 1 aromatic heterocycles. The Morgan fingerprint density at radius 3 is 2.84 bits per heavy atom. The molecule has 0 saturated heterocycles. The third-order valence-electron chi connectivity index (χ3n) is 2.33. The molecule has 3 N–H and O–H groups in total. The fourth-order valence-corrected chi connectivity index (χ4v) is 1.52.